The van der Waals surface area contributed by atoms with Crippen LogP contribution in [0.1, 0.15) is 31.2 Å². The van der Waals surface area contributed by atoms with Crippen LogP contribution in [0.2, 0.25) is 0 Å². The van der Waals surface area contributed by atoms with E-state index in [1.165, 1.54) is 0 Å². The number of carbonyl (C=O) groups excluding carboxylic acids is 2. The van der Waals surface area contributed by atoms with Gasteiger partial charge in [0, 0.05) is 36.5 Å². The lowest BCUT2D eigenvalue weighted by Crippen LogP contribution is -2.55. The van der Waals surface area contributed by atoms with Gasteiger partial charge in [-0.15, -0.1) is 0 Å². The number of hydrogen-bond acceptors (Lipinski definition) is 6. The third-order valence-corrected chi connectivity index (χ3v) is 5.30. The third kappa shape index (κ3) is 8.62. The SMILES string of the molecule is NC(N)=NCCCC(NC(=O)C(Cc1c[nH]c2ccccc12)NC(=O)C(N)CCC(=O)O)C(=O)O. The van der Waals surface area contributed by atoms with Gasteiger partial charge in [-0.25, -0.2) is 4.79 Å². The Kier molecular flexibility index (Phi) is 10.0. The fourth-order valence-electron chi connectivity index (χ4n) is 3.45. The van der Waals surface area contributed by atoms with Crippen molar-refractivity contribution in [3.05, 3.63) is 36.0 Å². The van der Waals surface area contributed by atoms with Crippen molar-refractivity contribution >= 4 is 40.6 Å². The van der Waals surface area contributed by atoms with Crippen LogP contribution in [0.15, 0.2) is 35.5 Å². The van der Waals surface area contributed by atoms with Crippen LogP contribution in [-0.2, 0) is 25.6 Å². The molecule has 2 rings (SSSR count). The monoisotopic (exact) mass is 489 g/mol. The van der Waals surface area contributed by atoms with Crippen LogP contribution >= 0.6 is 0 Å². The van der Waals surface area contributed by atoms with E-state index in [4.69, 9.17) is 22.3 Å². The predicted molar refractivity (Wildman–Crippen MR) is 128 cm³/mol. The number of nitrogens with one attached hydrogen (secondary N) is 3. The van der Waals surface area contributed by atoms with Gasteiger partial charge in [0.25, 0.3) is 0 Å². The second kappa shape index (κ2) is 12.9. The van der Waals surface area contributed by atoms with Gasteiger partial charge < -0.3 is 43.0 Å². The lowest BCUT2D eigenvalue weighted by Gasteiger charge is -2.23. The number of rotatable bonds is 14. The number of carboxylic acids is 2. The molecule has 3 unspecified atom stereocenters. The zero-order chi connectivity index (χ0) is 26.0. The smallest absolute Gasteiger partial charge is 0.326 e. The first kappa shape index (κ1) is 27.1. The van der Waals surface area contributed by atoms with E-state index in [-0.39, 0.29) is 38.2 Å². The van der Waals surface area contributed by atoms with Crippen LogP contribution in [0.3, 0.4) is 0 Å². The Morgan fingerprint density at radius 3 is 2.34 bits per heavy atom. The average molecular weight is 490 g/mol. The molecule has 13 heteroatoms. The number of aliphatic imine (C=N–C) groups is 1. The minimum Gasteiger partial charge on any atom is -0.481 e. The fourth-order valence-corrected chi connectivity index (χ4v) is 3.45. The highest BCUT2D eigenvalue weighted by Crippen LogP contribution is 2.19. The van der Waals surface area contributed by atoms with Gasteiger partial charge in [-0.2, -0.15) is 0 Å². The highest BCUT2D eigenvalue weighted by molar-refractivity contribution is 5.93. The second-order valence-electron chi connectivity index (χ2n) is 8.01. The number of H-pyrrole nitrogens is 1. The first-order valence-corrected chi connectivity index (χ1v) is 11.0. The van der Waals surface area contributed by atoms with Crippen molar-refractivity contribution < 1.29 is 29.4 Å². The van der Waals surface area contributed by atoms with Gasteiger partial charge >= 0.3 is 11.9 Å². The lowest BCUT2D eigenvalue weighted by molar-refractivity contribution is -0.142. The van der Waals surface area contributed by atoms with Crippen molar-refractivity contribution in [1.29, 1.82) is 0 Å². The summed E-state index contributed by atoms with van der Waals surface area (Å²) in [6.07, 6.45) is 1.67. The van der Waals surface area contributed by atoms with Crippen molar-refractivity contribution in [2.45, 2.75) is 50.2 Å². The first-order chi connectivity index (χ1) is 16.6. The first-order valence-electron chi connectivity index (χ1n) is 11.0. The van der Waals surface area contributed by atoms with Crippen LogP contribution in [0, 0.1) is 0 Å². The maximum Gasteiger partial charge on any atom is 0.326 e. The van der Waals surface area contributed by atoms with E-state index in [9.17, 15) is 24.3 Å². The summed E-state index contributed by atoms with van der Waals surface area (Å²) in [5.41, 5.74) is 17.9. The molecule has 35 heavy (non-hydrogen) atoms. The number of fused-ring (bicyclic) bond motifs is 1. The minimum atomic E-state index is -1.25. The van der Waals surface area contributed by atoms with Crippen LogP contribution in [0.4, 0.5) is 0 Å². The summed E-state index contributed by atoms with van der Waals surface area (Å²) in [5.74, 6) is -3.92. The molecule has 0 aliphatic rings. The van der Waals surface area contributed by atoms with E-state index >= 15 is 0 Å². The standard InChI is InChI=1S/C22H31N7O6/c23-14(7-8-18(30)31)19(32)29-17(10-12-11-27-15-5-2-1-4-13(12)15)20(33)28-16(21(34)35)6-3-9-26-22(24)25/h1-2,4-5,11,14,16-17,27H,3,6-10,23H2,(H,28,33)(H,29,32)(H,30,31)(H,34,35)(H4,24,25,26). The number of amides is 2. The summed E-state index contributed by atoms with van der Waals surface area (Å²) >= 11 is 0. The molecule has 3 atom stereocenters. The number of benzene rings is 1. The molecule has 0 aliphatic carbocycles. The molecule has 190 valence electrons. The number of aliphatic carboxylic acids is 2. The summed E-state index contributed by atoms with van der Waals surface area (Å²) in [5, 5.41) is 24.2. The largest absolute Gasteiger partial charge is 0.481 e. The van der Waals surface area contributed by atoms with Crippen LogP contribution in [0.5, 0.6) is 0 Å². The number of aromatic nitrogens is 1. The Labute approximate surface area is 201 Å². The van der Waals surface area contributed by atoms with Crippen molar-refractivity contribution in [1.82, 2.24) is 15.6 Å². The number of hydrogen-bond donors (Lipinski definition) is 8. The van der Waals surface area contributed by atoms with Crippen LogP contribution in [-0.4, -0.2) is 69.6 Å². The number of carbonyl (C=O) groups is 4. The van der Waals surface area contributed by atoms with Gasteiger partial charge in [0.05, 0.1) is 6.04 Å². The molecule has 0 saturated heterocycles. The lowest BCUT2D eigenvalue weighted by atomic mass is 10.0. The molecule has 13 nitrogen and oxygen atoms in total. The number of carboxylic acid groups (broad SMARTS) is 2. The molecule has 2 amide bonds. The molecule has 0 spiro atoms. The zero-order valence-corrected chi connectivity index (χ0v) is 19.1. The van der Waals surface area contributed by atoms with Crippen molar-refractivity contribution in [3.63, 3.8) is 0 Å². The van der Waals surface area contributed by atoms with Gasteiger partial charge in [-0.05, 0) is 30.9 Å². The Hall–Kier alpha value is -4.13. The molecule has 0 radical (unpaired) electrons. The summed E-state index contributed by atoms with van der Waals surface area (Å²) < 4.78 is 0. The molecule has 1 aromatic heterocycles. The fraction of sp³-hybridized carbons (Fsp3) is 0.409. The normalized spacial score (nSPS) is 13.4. The van der Waals surface area contributed by atoms with E-state index in [0.29, 0.717) is 6.42 Å². The van der Waals surface area contributed by atoms with Gasteiger partial charge in [0.15, 0.2) is 5.96 Å². The Balaban J connectivity index is 2.18. The summed E-state index contributed by atoms with van der Waals surface area (Å²) in [7, 11) is 0. The quantitative estimate of drug-likeness (QED) is 0.0921. The maximum atomic E-state index is 13.1. The Morgan fingerprint density at radius 2 is 1.69 bits per heavy atom. The third-order valence-electron chi connectivity index (χ3n) is 5.30. The molecular formula is C22H31N7O6. The van der Waals surface area contributed by atoms with Gasteiger partial charge in [0.2, 0.25) is 11.8 Å². The van der Waals surface area contributed by atoms with Crippen molar-refractivity contribution in [2.75, 3.05) is 6.54 Å². The minimum absolute atomic E-state index is 0.0492. The number of guanidine groups is 1. The highest BCUT2D eigenvalue weighted by Gasteiger charge is 2.29. The van der Waals surface area contributed by atoms with Gasteiger partial charge in [0.1, 0.15) is 12.1 Å². The van der Waals surface area contributed by atoms with E-state index in [0.717, 1.165) is 16.5 Å². The number of aromatic amines is 1. The predicted octanol–water partition coefficient (Wildman–Crippen LogP) is -0.990. The maximum absolute atomic E-state index is 13.1. The Bertz CT molecular complexity index is 1080. The van der Waals surface area contributed by atoms with Crippen LogP contribution in [0.25, 0.3) is 10.9 Å². The summed E-state index contributed by atoms with van der Waals surface area (Å²) in [6.45, 7) is 0.190. The van der Waals surface area contributed by atoms with E-state index < -0.39 is 41.9 Å². The van der Waals surface area contributed by atoms with Gasteiger partial charge in [-0.1, -0.05) is 18.2 Å². The molecular weight excluding hydrogens is 458 g/mol. The van der Waals surface area contributed by atoms with Crippen LogP contribution < -0.4 is 27.8 Å². The van der Waals surface area contributed by atoms with Gasteiger partial charge in [-0.3, -0.25) is 19.4 Å². The van der Waals surface area contributed by atoms with E-state index in [1.54, 1.807) is 6.20 Å². The molecule has 0 saturated carbocycles. The van der Waals surface area contributed by atoms with Crippen molar-refractivity contribution in [3.8, 4) is 0 Å². The summed E-state index contributed by atoms with van der Waals surface area (Å²) in [6, 6.07) is 3.82. The number of nitrogens with zero attached hydrogens (tertiary/aromatic N) is 1. The molecule has 1 aromatic carbocycles. The second-order valence-corrected chi connectivity index (χ2v) is 8.01. The van der Waals surface area contributed by atoms with Crippen molar-refractivity contribution in [2.24, 2.45) is 22.2 Å². The topological polar surface area (TPSA) is 239 Å². The molecule has 2 aromatic rings. The molecule has 0 fully saturated rings. The average Bonchev–Trinajstić information content (AvgIpc) is 3.21. The number of nitrogens with two attached hydrogens (primary N) is 3. The molecule has 1 heterocycles. The zero-order valence-electron chi connectivity index (χ0n) is 19.1. The highest BCUT2D eigenvalue weighted by atomic mass is 16.4. The number of para-hydroxylation sites is 1. The van der Waals surface area contributed by atoms with E-state index in [2.05, 4.69) is 20.6 Å². The molecule has 0 bridgehead atoms. The van der Waals surface area contributed by atoms with E-state index in [1.807, 2.05) is 24.3 Å². The Morgan fingerprint density at radius 1 is 1.00 bits per heavy atom. The molecule has 0 aliphatic heterocycles. The molecule has 11 N–H and O–H groups in total. The summed E-state index contributed by atoms with van der Waals surface area (Å²) in [4.78, 5) is 55.0.